The Bertz CT molecular complexity index is 695. The van der Waals surface area contributed by atoms with E-state index in [0.717, 1.165) is 5.39 Å². The standard InChI is InChI=1S/C15H17FN4O/c1-10(21)19-5-7-20(8-6-19)15-12(16)9-13(17)11-3-2-4-18-14(11)15/h2-4,9H,5-8,17H2,1H3. The van der Waals surface area contributed by atoms with E-state index < -0.39 is 0 Å². The lowest BCUT2D eigenvalue weighted by Crippen LogP contribution is -2.48. The molecule has 1 aliphatic rings. The smallest absolute Gasteiger partial charge is 0.219 e. The Labute approximate surface area is 122 Å². The number of piperazine rings is 1. The first kappa shape index (κ1) is 13.6. The highest BCUT2D eigenvalue weighted by Gasteiger charge is 2.23. The number of fused-ring (bicyclic) bond motifs is 1. The molecule has 1 aromatic carbocycles. The van der Waals surface area contributed by atoms with Crippen molar-refractivity contribution in [2.75, 3.05) is 36.8 Å². The minimum absolute atomic E-state index is 0.0513. The van der Waals surface area contributed by atoms with E-state index >= 15 is 0 Å². The number of pyridine rings is 1. The molecular weight excluding hydrogens is 271 g/mol. The van der Waals surface area contributed by atoms with E-state index in [0.29, 0.717) is 43.1 Å². The Hall–Kier alpha value is -2.37. The Kier molecular flexibility index (Phi) is 3.37. The molecule has 2 heterocycles. The maximum absolute atomic E-state index is 14.4. The topological polar surface area (TPSA) is 62.5 Å². The number of nitrogens with zero attached hydrogens (tertiary/aromatic N) is 3. The number of amides is 1. The zero-order chi connectivity index (χ0) is 15.0. The van der Waals surface area contributed by atoms with E-state index in [-0.39, 0.29) is 11.7 Å². The molecule has 0 atom stereocenters. The van der Waals surface area contributed by atoms with Gasteiger partial charge in [-0.2, -0.15) is 0 Å². The Morgan fingerprint density at radius 2 is 2.05 bits per heavy atom. The van der Waals surface area contributed by atoms with Gasteiger partial charge >= 0.3 is 0 Å². The summed E-state index contributed by atoms with van der Waals surface area (Å²) in [6.45, 7) is 3.91. The van der Waals surface area contributed by atoms with Crippen LogP contribution in [0.3, 0.4) is 0 Å². The lowest BCUT2D eigenvalue weighted by molar-refractivity contribution is -0.129. The van der Waals surface area contributed by atoms with Crippen LogP contribution in [-0.4, -0.2) is 42.0 Å². The molecule has 1 aromatic heterocycles. The van der Waals surface area contributed by atoms with Gasteiger partial charge in [0.25, 0.3) is 0 Å². The number of benzene rings is 1. The summed E-state index contributed by atoms with van der Waals surface area (Å²) in [7, 11) is 0. The van der Waals surface area contributed by atoms with Crippen LogP contribution in [0.5, 0.6) is 0 Å². The van der Waals surface area contributed by atoms with Crippen molar-refractivity contribution in [1.82, 2.24) is 9.88 Å². The van der Waals surface area contributed by atoms with E-state index in [1.807, 2.05) is 11.0 Å². The van der Waals surface area contributed by atoms with E-state index in [4.69, 9.17) is 5.73 Å². The molecule has 0 aliphatic carbocycles. The third kappa shape index (κ3) is 2.37. The fraction of sp³-hybridized carbons (Fsp3) is 0.333. The normalized spacial score (nSPS) is 15.5. The van der Waals surface area contributed by atoms with Gasteiger partial charge in [-0.25, -0.2) is 4.39 Å². The molecule has 110 valence electrons. The second kappa shape index (κ2) is 5.20. The van der Waals surface area contributed by atoms with Crippen molar-refractivity contribution < 1.29 is 9.18 Å². The highest BCUT2D eigenvalue weighted by molar-refractivity contribution is 5.99. The van der Waals surface area contributed by atoms with Gasteiger partial charge in [-0.3, -0.25) is 9.78 Å². The summed E-state index contributed by atoms with van der Waals surface area (Å²) in [6.07, 6.45) is 1.64. The molecule has 5 nitrogen and oxygen atoms in total. The zero-order valence-electron chi connectivity index (χ0n) is 11.8. The van der Waals surface area contributed by atoms with Crippen LogP contribution in [0.15, 0.2) is 24.4 Å². The second-order valence-corrected chi connectivity index (χ2v) is 5.19. The number of carbonyl (C=O) groups is 1. The Morgan fingerprint density at radius 3 is 2.71 bits per heavy atom. The molecule has 0 radical (unpaired) electrons. The molecular formula is C15H17FN4O. The maximum atomic E-state index is 14.4. The summed E-state index contributed by atoms with van der Waals surface area (Å²) in [5.41, 5.74) is 7.31. The molecule has 21 heavy (non-hydrogen) atoms. The molecule has 2 N–H and O–H groups in total. The summed E-state index contributed by atoms with van der Waals surface area (Å²) in [4.78, 5) is 19.4. The van der Waals surface area contributed by atoms with Crippen LogP contribution in [0.2, 0.25) is 0 Å². The van der Waals surface area contributed by atoms with Crippen molar-refractivity contribution in [3.8, 4) is 0 Å². The molecule has 6 heteroatoms. The van der Waals surface area contributed by atoms with Gasteiger partial charge in [-0.1, -0.05) is 0 Å². The van der Waals surface area contributed by atoms with Crippen LogP contribution in [0, 0.1) is 5.82 Å². The van der Waals surface area contributed by atoms with Gasteiger partial charge in [-0.05, 0) is 18.2 Å². The number of hydrogen-bond acceptors (Lipinski definition) is 4. The lowest BCUT2D eigenvalue weighted by Gasteiger charge is -2.36. The third-order valence-corrected chi connectivity index (χ3v) is 3.89. The van der Waals surface area contributed by atoms with E-state index in [2.05, 4.69) is 4.98 Å². The number of carbonyl (C=O) groups excluding carboxylic acids is 1. The van der Waals surface area contributed by atoms with Crippen molar-refractivity contribution >= 4 is 28.2 Å². The van der Waals surface area contributed by atoms with Crippen molar-refractivity contribution in [2.45, 2.75) is 6.92 Å². The maximum Gasteiger partial charge on any atom is 0.219 e. The average molecular weight is 288 g/mol. The number of aromatic nitrogens is 1. The van der Waals surface area contributed by atoms with Crippen LogP contribution in [-0.2, 0) is 4.79 Å². The SMILES string of the molecule is CC(=O)N1CCN(c2c(F)cc(N)c3cccnc23)CC1. The summed E-state index contributed by atoms with van der Waals surface area (Å²) < 4.78 is 14.4. The van der Waals surface area contributed by atoms with Gasteiger partial charge in [0.05, 0.1) is 11.2 Å². The van der Waals surface area contributed by atoms with Gasteiger partial charge in [0, 0.05) is 50.4 Å². The molecule has 1 fully saturated rings. The fourth-order valence-corrected chi connectivity index (χ4v) is 2.77. The molecule has 0 spiro atoms. The second-order valence-electron chi connectivity index (χ2n) is 5.19. The minimum atomic E-state index is -0.366. The number of rotatable bonds is 1. The quantitative estimate of drug-likeness (QED) is 0.810. The Morgan fingerprint density at radius 1 is 1.33 bits per heavy atom. The largest absolute Gasteiger partial charge is 0.398 e. The summed E-state index contributed by atoms with van der Waals surface area (Å²) in [5, 5.41) is 0.753. The predicted octanol–water partition coefficient (Wildman–Crippen LogP) is 1.62. The van der Waals surface area contributed by atoms with E-state index in [9.17, 15) is 9.18 Å². The van der Waals surface area contributed by atoms with Gasteiger partial charge in [-0.15, -0.1) is 0 Å². The molecule has 0 saturated carbocycles. The first-order valence-electron chi connectivity index (χ1n) is 6.91. The van der Waals surface area contributed by atoms with Crippen LogP contribution in [0.25, 0.3) is 10.9 Å². The molecule has 1 saturated heterocycles. The summed E-state index contributed by atoms with van der Waals surface area (Å²) >= 11 is 0. The Balaban J connectivity index is 2.00. The van der Waals surface area contributed by atoms with Gasteiger partial charge in [0.15, 0.2) is 5.82 Å². The molecule has 0 bridgehead atoms. The number of anilines is 2. The van der Waals surface area contributed by atoms with Gasteiger partial charge < -0.3 is 15.5 Å². The summed E-state index contributed by atoms with van der Waals surface area (Å²) in [6, 6.07) is 4.97. The van der Waals surface area contributed by atoms with Gasteiger partial charge in [0.2, 0.25) is 5.91 Å². The monoisotopic (exact) mass is 288 g/mol. The molecule has 3 rings (SSSR count). The molecule has 0 unspecified atom stereocenters. The van der Waals surface area contributed by atoms with Crippen molar-refractivity contribution in [2.24, 2.45) is 0 Å². The highest BCUT2D eigenvalue weighted by Crippen LogP contribution is 2.32. The zero-order valence-corrected chi connectivity index (χ0v) is 11.8. The highest BCUT2D eigenvalue weighted by atomic mass is 19.1. The van der Waals surface area contributed by atoms with Crippen molar-refractivity contribution in [1.29, 1.82) is 0 Å². The molecule has 1 aliphatic heterocycles. The third-order valence-electron chi connectivity index (χ3n) is 3.89. The molecule has 1 amide bonds. The number of hydrogen-bond donors (Lipinski definition) is 1. The van der Waals surface area contributed by atoms with Crippen LogP contribution < -0.4 is 10.6 Å². The lowest BCUT2D eigenvalue weighted by atomic mass is 10.1. The first-order valence-corrected chi connectivity index (χ1v) is 6.91. The number of halogens is 1. The fourth-order valence-electron chi connectivity index (χ4n) is 2.77. The predicted molar refractivity (Wildman–Crippen MR) is 80.6 cm³/mol. The molecule has 2 aromatic rings. The first-order chi connectivity index (χ1) is 10.1. The average Bonchev–Trinajstić information content (AvgIpc) is 2.48. The summed E-state index contributed by atoms with van der Waals surface area (Å²) in [5.74, 6) is -0.314. The number of nitrogen functional groups attached to an aromatic ring is 1. The number of nitrogens with two attached hydrogens (primary N) is 1. The van der Waals surface area contributed by atoms with Gasteiger partial charge in [0.1, 0.15) is 0 Å². The van der Waals surface area contributed by atoms with E-state index in [1.54, 1.807) is 24.1 Å². The minimum Gasteiger partial charge on any atom is -0.398 e. The van der Waals surface area contributed by atoms with Crippen LogP contribution in [0.1, 0.15) is 6.92 Å². The van der Waals surface area contributed by atoms with Crippen LogP contribution >= 0.6 is 0 Å². The van der Waals surface area contributed by atoms with E-state index in [1.165, 1.54) is 6.07 Å². The van der Waals surface area contributed by atoms with Crippen molar-refractivity contribution in [3.05, 3.63) is 30.2 Å². The van der Waals surface area contributed by atoms with Crippen LogP contribution in [0.4, 0.5) is 15.8 Å². The van der Waals surface area contributed by atoms with Crippen molar-refractivity contribution in [3.63, 3.8) is 0 Å².